The van der Waals surface area contributed by atoms with Crippen LogP contribution >= 0.6 is 0 Å². The summed E-state index contributed by atoms with van der Waals surface area (Å²) in [6.07, 6.45) is -15.7. The summed E-state index contributed by atoms with van der Waals surface area (Å²) in [6.45, 7) is 4.86. The Morgan fingerprint density at radius 3 is 1.89 bits per heavy atom. The van der Waals surface area contributed by atoms with Crippen molar-refractivity contribution in [1.29, 1.82) is 0 Å². The zero-order chi connectivity index (χ0) is 30.2. The molecule has 0 radical (unpaired) electrons. The van der Waals surface area contributed by atoms with Crippen molar-refractivity contribution in [1.82, 2.24) is 0 Å². The third kappa shape index (κ3) is 8.12. The van der Waals surface area contributed by atoms with Gasteiger partial charge in [0.05, 0.1) is 12.2 Å². The van der Waals surface area contributed by atoms with Crippen molar-refractivity contribution >= 4 is 12.3 Å². The molecule has 2 atom stereocenters. The molecule has 7 nitrogen and oxygen atoms in total. The van der Waals surface area contributed by atoms with Gasteiger partial charge in [0.2, 0.25) is 0 Å². The van der Waals surface area contributed by atoms with E-state index in [1.54, 1.807) is 7.11 Å². The van der Waals surface area contributed by atoms with Gasteiger partial charge < -0.3 is 19.3 Å². The quantitative estimate of drug-likeness (QED) is 0.176. The third-order valence-electron chi connectivity index (χ3n) is 4.59. The van der Waals surface area contributed by atoms with Gasteiger partial charge in [-0.3, -0.25) is 9.53 Å². The molecule has 1 N–H and O–H groups in total. The number of ether oxygens (including phenoxy) is 4. The van der Waals surface area contributed by atoms with Crippen molar-refractivity contribution in [3.05, 3.63) is 23.3 Å². The Hall–Kier alpha value is -2.75. The van der Waals surface area contributed by atoms with Crippen LogP contribution in [-0.4, -0.2) is 67.6 Å². The lowest BCUT2D eigenvalue weighted by Gasteiger charge is -2.40. The number of hydrogen-bond acceptors (Lipinski definition) is 7. The van der Waals surface area contributed by atoms with E-state index in [4.69, 9.17) is 0 Å². The second-order valence-electron chi connectivity index (χ2n) is 7.51. The van der Waals surface area contributed by atoms with E-state index in [1.165, 1.54) is 6.92 Å². The van der Waals surface area contributed by atoms with Crippen molar-refractivity contribution in [3.8, 4) is 11.5 Å². The van der Waals surface area contributed by atoms with E-state index in [2.05, 4.69) is 18.9 Å². The number of aldehydes is 1. The van der Waals surface area contributed by atoms with E-state index >= 15 is 8.78 Å². The number of hydrogen-bond donors (Lipinski definition) is 1. The summed E-state index contributed by atoms with van der Waals surface area (Å²) in [5.41, 5.74) is -1.53. The van der Waals surface area contributed by atoms with Crippen LogP contribution in [0.3, 0.4) is 0 Å². The largest absolute Gasteiger partial charge is 0.507 e. The maximum atomic E-state index is 15.3. The molecule has 0 bridgehead atoms. The first kappa shape index (κ1) is 35.2. The lowest BCUT2D eigenvalue weighted by atomic mass is 10.0. The number of phenols is 1. The highest BCUT2D eigenvalue weighted by molar-refractivity contribution is 5.95. The first-order chi connectivity index (χ1) is 17.2. The average molecular weight is 574 g/mol. The van der Waals surface area contributed by atoms with Crippen molar-refractivity contribution < 1.29 is 73.2 Å². The summed E-state index contributed by atoms with van der Waals surface area (Å²) >= 11 is 0. The fourth-order valence-electron chi connectivity index (χ4n) is 2.53. The molecule has 0 aliphatic heterocycles. The van der Waals surface area contributed by atoms with Gasteiger partial charge in [-0.15, -0.1) is 0 Å². The van der Waals surface area contributed by atoms with Gasteiger partial charge in [0.15, 0.2) is 6.29 Å². The van der Waals surface area contributed by atoms with E-state index < -0.39 is 71.4 Å². The highest BCUT2D eigenvalue weighted by Gasteiger charge is 2.77. The van der Waals surface area contributed by atoms with Gasteiger partial charge in [-0.2, -0.15) is 35.1 Å². The molecule has 38 heavy (non-hydrogen) atoms. The number of alkyl halides is 9. The Bertz CT molecular complexity index is 934. The predicted octanol–water partition coefficient (Wildman–Crippen LogP) is 6.37. The number of esters is 1. The number of carbonyl (C=O) groups is 2. The molecule has 0 fully saturated rings. The van der Waals surface area contributed by atoms with Crippen molar-refractivity contribution in [2.45, 2.75) is 70.5 Å². The highest BCUT2D eigenvalue weighted by Crippen LogP contribution is 2.51. The van der Waals surface area contributed by atoms with Crippen molar-refractivity contribution in [3.63, 3.8) is 0 Å². The molecule has 1 rings (SSSR count). The Morgan fingerprint density at radius 1 is 0.974 bits per heavy atom. The molecule has 0 spiro atoms. The number of benzene rings is 1. The zero-order valence-electron chi connectivity index (χ0n) is 20.9. The summed E-state index contributed by atoms with van der Waals surface area (Å²) in [5.74, 6) is -19.1. The number of methoxy groups -OCH3 is 1. The number of phenolic OH excluding ortho intramolecular Hbond substituents is 1. The van der Waals surface area contributed by atoms with Crippen molar-refractivity contribution in [2.24, 2.45) is 0 Å². The fourth-order valence-corrected chi connectivity index (χ4v) is 2.53. The molecule has 220 valence electrons. The molecular formula is C22H27F9O7. The topological polar surface area (TPSA) is 91.3 Å². The van der Waals surface area contributed by atoms with Crippen LogP contribution in [0.4, 0.5) is 39.5 Å². The second-order valence-corrected chi connectivity index (χ2v) is 7.51. The van der Waals surface area contributed by atoms with Crippen LogP contribution in [0.1, 0.15) is 61.3 Å². The minimum Gasteiger partial charge on any atom is -0.507 e. The first-order valence-electron chi connectivity index (χ1n) is 10.8. The molecule has 0 saturated heterocycles. The lowest BCUT2D eigenvalue weighted by Crippen LogP contribution is -2.61. The zero-order valence-corrected chi connectivity index (χ0v) is 20.9. The van der Waals surface area contributed by atoms with Gasteiger partial charge in [-0.1, -0.05) is 13.3 Å². The number of halogens is 9. The summed E-state index contributed by atoms with van der Waals surface area (Å²) < 4.78 is 139. The van der Waals surface area contributed by atoms with E-state index in [0.717, 1.165) is 13.5 Å². The molecule has 0 heterocycles. The number of aromatic hydroxyl groups is 1. The van der Waals surface area contributed by atoms with Crippen LogP contribution in [0.2, 0.25) is 0 Å². The Kier molecular flexibility index (Phi) is 12.4. The molecule has 2 unspecified atom stereocenters. The second kappa shape index (κ2) is 13.4. The van der Waals surface area contributed by atoms with Crippen LogP contribution in [0.5, 0.6) is 11.5 Å². The molecule has 0 amide bonds. The molecule has 0 aromatic heterocycles. The maximum absolute atomic E-state index is 15.3. The van der Waals surface area contributed by atoms with Crippen LogP contribution in [0, 0.1) is 0 Å². The van der Waals surface area contributed by atoms with Crippen LogP contribution < -0.4 is 4.74 Å². The molecule has 0 aliphatic carbocycles. The number of rotatable bonds is 12. The number of carbonyl (C=O) groups excluding carboxylic acids is 2. The summed E-state index contributed by atoms with van der Waals surface area (Å²) in [4.78, 5) is 23.1. The van der Waals surface area contributed by atoms with E-state index in [0.29, 0.717) is 12.1 Å². The first-order valence-corrected chi connectivity index (χ1v) is 10.8. The van der Waals surface area contributed by atoms with Crippen LogP contribution in [-0.2, 0) is 14.2 Å². The van der Waals surface area contributed by atoms with Gasteiger partial charge in [-0.25, -0.2) is 9.18 Å². The minimum absolute atomic E-state index is 0.0207. The smallest absolute Gasteiger partial charge is 0.462 e. The Balaban J connectivity index is 0.00000318. The fraction of sp³-hybridized carbons (Fsp3) is 0.636. The Labute approximate surface area is 211 Å². The maximum Gasteiger partial charge on any atom is 0.462 e. The summed E-state index contributed by atoms with van der Waals surface area (Å²) in [6, 6.07) is 0.974. The highest BCUT2D eigenvalue weighted by atomic mass is 19.4. The SMILES string of the molecule is CCCC(F)(OC(F)(F)C(F)(F)C(F)(F)F)C(C)(F)Oc1cc(C=O)c(O)cc1C(=O)OCC.CCOC. The normalized spacial score (nSPS) is 15.4. The molecule has 0 saturated carbocycles. The van der Waals surface area contributed by atoms with Crippen LogP contribution in [0.25, 0.3) is 0 Å². The van der Waals surface area contributed by atoms with E-state index in [-0.39, 0.29) is 19.8 Å². The summed E-state index contributed by atoms with van der Waals surface area (Å²) in [5, 5.41) is 9.72. The van der Waals surface area contributed by atoms with Crippen LogP contribution in [0.15, 0.2) is 12.1 Å². The molecule has 1 aromatic rings. The molecule has 0 aliphatic rings. The minimum atomic E-state index is -6.93. The lowest BCUT2D eigenvalue weighted by molar-refractivity contribution is -0.474. The predicted molar refractivity (Wildman–Crippen MR) is 113 cm³/mol. The van der Waals surface area contributed by atoms with Gasteiger partial charge in [0.1, 0.15) is 17.1 Å². The van der Waals surface area contributed by atoms with E-state index in [1.807, 2.05) is 6.92 Å². The van der Waals surface area contributed by atoms with Crippen molar-refractivity contribution in [2.75, 3.05) is 20.3 Å². The monoisotopic (exact) mass is 574 g/mol. The van der Waals surface area contributed by atoms with Gasteiger partial charge in [-0.05, 0) is 26.0 Å². The Morgan fingerprint density at radius 2 is 1.50 bits per heavy atom. The van der Waals surface area contributed by atoms with Gasteiger partial charge >= 0.3 is 30.0 Å². The average Bonchev–Trinajstić information content (AvgIpc) is 2.78. The van der Waals surface area contributed by atoms with E-state index in [9.17, 15) is 45.4 Å². The van der Waals surface area contributed by atoms with Gasteiger partial charge in [0.25, 0.3) is 5.85 Å². The molecule has 1 aromatic carbocycles. The van der Waals surface area contributed by atoms with Gasteiger partial charge in [0, 0.05) is 27.1 Å². The third-order valence-corrected chi connectivity index (χ3v) is 4.59. The summed E-state index contributed by atoms with van der Waals surface area (Å²) in [7, 11) is 1.68. The standard InChI is InChI=1S/C19H19F9O6.C3H8O/c1-4-6-16(21,34-19(27,28)17(22,23)18(24,25)26)15(3,20)33-13-7-10(9-29)12(30)8-11(13)14(31)32-5-2;1-3-4-2/h7-9,30H,4-6H2,1-3H3;3H2,1-2H3. The molecule has 16 heteroatoms. The molecular weight excluding hydrogens is 547 g/mol.